The summed E-state index contributed by atoms with van der Waals surface area (Å²) in [6.07, 6.45) is 2.76. The Morgan fingerprint density at radius 2 is 1.67 bits per heavy atom. The zero-order valence-corrected chi connectivity index (χ0v) is 7.78. The van der Waals surface area contributed by atoms with E-state index in [0.717, 1.165) is 21.5 Å². The summed E-state index contributed by atoms with van der Waals surface area (Å²) in [4.78, 5) is 25.5. The summed E-state index contributed by atoms with van der Waals surface area (Å²) >= 11 is 0. The molecule has 3 rings (SSSR count). The first-order chi connectivity index (χ1) is 7.25. The number of benzene rings is 1. The largest absolute Gasteiger partial charge is 0.354 e. The molecule has 3 nitrogen and oxygen atoms in total. The molecule has 1 aromatic heterocycles. The van der Waals surface area contributed by atoms with E-state index < -0.39 is 11.6 Å². The standard InChI is InChI=1S/C12H7NO2/c14-11-5-8-7-3-1-2-4-9(7)13-10(8)6-12(11)15/h1-6,13H. The van der Waals surface area contributed by atoms with Gasteiger partial charge in [-0.3, -0.25) is 9.59 Å². The molecule has 1 heterocycles. The molecule has 2 aromatic rings. The van der Waals surface area contributed by atoms with E-state index in [4.69, 9.17) is 0 Å². The van der Waals surface area contributed by atoms with Crippen LogP contribution in [-0.2, 0) is 9.59 Å². The zero-order valence-electron chi connectivity index (χ0n) is 7.78. The van der Waals surface area contributed by atoms with Gasteiger partial charge in [0.25, 0.3) is 0 Å². The van der Waals surface area contributed by atoms with Crippen LogP contribution < -0.4 is 10.6 Å². The van der Waals surface area contributed by atoms with Gasteiger partial charge >= 0.3 is 0 Å². The molecule has 1 N–H and O–H groups in total. The number of aromatic amines is 1. The maximum absolute atomic E-state index is 11.2. The fourth-order valence-corrected chi connectivity index (χ4v) is 1.86. The summed E-state index contributed by atoms with van der Waals surface area (Å²) in [6, 6.07) is 7.67. The van der Waals surface area contributed by atoms with E-state index in [9.17, 15) is 9.59 Å². The van der Waals surface area contributed by atoms with E-state index in [1.165, 1.54) is 12.2 Å². The quantitative estimate of drug-likeness (QED) is 0.599. The smallest absolute Gasteiger partial charge is 0.227 e. The van der Waals surface area contributed by atoms with Crippen molar-refractivity contribution in [1.29, 1.82) is 0 Å². The highest BCUT2D eigenvalue weighted by Crippen LogP contribution is 2.04. The van der Waals surface area contributed by atoms with Crippen molar-refractivity contribution in [2.75, 3.05) is 0 Å². The van der Waals surface area contributed by atoms with Gasteiger partial charge < -0.3 is 4.98 Å². The summed E-state index contributed by atoms with van der Waals surface area (Å²) in [5, 5.41) is 2.51. The molecule has 0 spiro atoms. The molecular formula is C12H7NO2. The minimum absolute atomic E-state index is 0.452. The third-order valence-electron chi connectivity index (χ3n) is 2.57. The van der Waals surface area contributed by atoms with Gasteiger partial charge in [-0.1, -0.05) is 18.2 Å². The predicted octanol–water partition coefficient (Wildman–Crippen LogP) is -0.119. The lowest BCUT2D eigenvalue weighted by molar-refractivity contribution is -0.129. The van der Waals surface area contributed by atoms with Gasteiger partial charge in [0.1, 0.15) is 0 Å². The summed E-state index contributed by atoms with van der Waals surface area (Å²) in [5.74, 6) is -0.915. The molecule has 1 aliphatic rings. The number of ketones is 2. The molecule has 0 amide bonds. The predicted molar refractivity (Wildman–Crippen MR) is 56.5 cm³/mol. The topological polar surface area (TPSA) is 49.9 Å². The molecule has 3 heteroatoms. The molecule has 0 bridgehead atoms. The van der Waals surface area contributed by atoms with Crippen LogP contribution in [0.25, 0.3) is 23.1 Å². The lowest BCUT2D eigenvalue weighted by Gasteiger charge is -1.92. The Bertz CT molecular complexity index is 707. The molecule has 72 valence electrons. The van der Waals surface area contributed by atoms with Crippen LogP contribution in [0.5, 0.6) is 0 Å². The van der Waals surface area contributed by atoms with Gasteiger partial charge in [-0.2, -0.15) is 0 Å². The number of hydrogen-bond acceptors (Lipinski definition) is 2. The van der Waals surface area contributed by atoms with Gasteiger partial charge in [0.2, 0.25) is 11.6 Å². The fourth-order valence-electron chi connectivity index (χ4n) is 1.86. The highest BCUT2D eigenvalue weighted by molar-refractivity contribution is 6.57. The van der Waals surface area contributed by atoms with Crippen molar-refractivity contribution in [3.05, 3.63) is 34.8 Å². The average Bonchev–Trinajstić information content (AvgIpc) is 2.57. The third-order valence-corrected chi connectivity index (χ3v) is 2.57. The van der Waals surface area contributed by atoms with Crippen molar-refractivity contribution >= 4 is 34.6 Å². The molecule has 1 aromatic carbocycles. The SMILES string of the molecule is O=C1C=c2[nH]c3ccccc3c2=CC1=O. The molecule has 0 atom stereocenters. The molecule has 1 aliphatic carbocycles. The molecule has 0 saturated carbocycles. The second-order valence-electron chi connectivity index (χ2n) is 3.52. The number of fused-ring (bicyclic) bond motifs is 3. The Hall–Kier alpha value is -2.16. The number of para-hydroxylation sites is 1. The summed E-state index contributed by atoms with van der Waals surface area (Å²) in [5.41, 5.74) is 0.942. The monoisotopic (exact) mass is 197 g/mol. The molecule has 0 saturated heterocycles. The van der Waals surface area contributed by atoms with Crippen LogP contribution in [0, 0.1) is 0 Å². The van der Waals surface area contributed by atoms with Crippen LogP contribution in [0.4, 0.5) is 0 Å². The molecule has 0 unspecified atom stereocenters. The van der Waals surface area contributed by atoms with Gasteiger partial charge in [-0.05, 0) is 12.1 Å². The van der Waals surface area contributed by atoms with E-state index in [2.05, 4.69) is 4.98 Å². The maximum Gasteiger partial charge on any atom is 0.227 e. The van der Waals surface area contributed by atoms with E-state index in [1.807, 2.05) is 24.3 Å². The van der Waals surface area contributed by atoms with E-state index in [-0.39, 0.29) is 0 Å². The van der Waals surface area contributed by atoms with Crippen LogP contribution in [-0.4, -0.2) is 16.6 Å². The summed E-state index contributed by atoms with van der Waals surface area (Å²) in [7, 11) is 0. The first-order valence-corrected chi connectivity index (χ1v) is 4.64. The molecule has 15 heavy (non-hydrogen) atoms. The number of carbonyl (C=O) groups is 2. The van der Waals surface area contributed by atoms with Crippen LogP contribution in [0.1, 0.15) is 0 Å². The van der Waals surface area contributed by atoms with Crippen molar-refractivity contribution in [3.63, 3.8) is 0 Å². The lowest BCUT2D eigenvalue weighted by Crippen LogP contribution is -2.32. The molecular weight excluding hydrogens is 190 g/mol. The van der Waals surface area contributed by atoms with E-state index in [1.54, 1.807) is 0 Å². The zero-order chi connectivity index (χ0) is 10.4. The summed E-state index contributed by atoms with van der Waals surface area (Å²) in [6.45, 7) is 0. The second-order valence-corrected chi connectivity index (χ2v) is 3.52. The number of rotatable bonds is 0. The highest BCUT2D eigenvalue weighted by Gasteiger charge is 2.13. The number of H-pyrrole nitrogens is 1. The lowest BCUT2D eigenvalue weighted by atomic mass is 10.1. The van der Waals surface area contributed by atoms with Crippen molar-refractivity contribution in [2.24, 2.45) is 0 Å². The Morgan fingerprint density at radius 3 is 2.53 bits per heavy atom. The van der Waals surface area contributed by atoms with Crippen LogP contribution in [0.3, 0.4) is 0 Å². The number of aromatic nitrogens is 1. The third kappa shape index (κ3) is 1.06. The van der Waals surface area contributed by atoms with Gasteiger partial charge in [0.05, 0.1) is 5.35 Å². The van der Waals surface area contributed by atoms with Crippen molar-refractivity contribution in [3.8, 4) is 0 Å². The van der Waals surface area contributed by atoms with Crippen molar-refractivity contribution in [1.82, 2.24) is 4.98 Å². The maximum atomic E-state index is 11.2. The number of Topliss-reactive ketones (excluding diaryl/α,β-unsaturated/α-hetero) is 2. The normalized spacial score (nSPS) is 14.7. The first kappa shape index (κ1) is 8.17. The second kappa shape index (κ2) is 2.67. The fraction of sp³-hybridized carbons (Fsp3) is 0. The van der Waals surface area contributed by atoms with Gasteiger partial charge in [-0.15, -0.1) is 0 Å². The van der Waals surface area contributed by atoms with Crippen molar-refractivity contribution < 1.29 is 9.59 Å². The Kier molecular flexibility index (Phi) is 1.45. The molecule has 0 radical (unpaired) electrons. The van der Waals surface area contributed by atoms with E-state index >= 15 is 0 Å². The minimum atomic E-state index is -0.464. The van der Waals surface area contributed by atoms with Crippen LogP contribution in [0.2, 0.25) is 0 Å². The minimum Gasteiger partial charge on any atom is -0.354 e. The van der Waals surface area contributed by atoms with Crippen LogP contribution >= 0.6 is 0 Å². The summed E-state index contributed by atoms with van der Waals surface area (Å²) < 4.78 is 0. The number of carbonyl (C=O) groups excluding carboxylic acids is 2. The Balaban J connectivity index is 2.59. The highest BCUT2D eigenvalue weighted by atomic mass is 16.2. The average molecular weight is 197 g/mol. The van der Waals surface area contributed by atoms with E-state index in [0.29, 0.717) is 0 Å². The Labute approximate surface area is 84.7 Å². The van der Waals surface area contributed by atoms with Gasteiger partial charge in [-0.25, -0.2) is 0 Å². The van der Waals surface area contributed by atoms with Gasteiger partial charge in [0.15, 0.2) is 0 Å². The Morgan fingerprint density at radius 1 is 0.933 bits per heavy atom. The van der Waals surface area contributed by atoms with Crippen LogP contribution in [0.15, 0.2) is 24.3 Å². The molecule has 0 aliphatic heterocycles. The number of hydrogen-bond donors (Lipinski definition) is 1. The molecule has 0 fully saturated rings. The number of nitrogens with one attached hydrogen (secondary N) is 1. The van der Waals surface area contributed by atoms with Crippen molar-refractivity contribution in [2.45, 2.75) is 0 Å². The van der Waals surface area contributed by atoms with Gasteiger partial charge in [0, 0.05) is 22.2 Å². The first-order valence-electron chi connectivity index (χ1n) is 4.64.